The zero-order chi connectivity index (χ0) is 22.5. The number of nitrogens with zero attached hydrogens (tertiary/aromatic N) is 2. The molecule has 0 radical (unpaired) electrons. The number of hydrogen-bond acceptors (Lipinski definition) is 7. The SMILES string of the molecule is CC1C=C(C(=O)O)N2C(=O)C([C@@H](C)O)[C@@]12S[C@H]1CCN(Nc2cccc(C(=O)O)c2)C1. The van der Waals surface area contributed by atoms with Crippen LogP contribution in [0.2, 0.25) is 0 Å². The van der Waals surface area contributed by atoms with Gasteiger partial charge in [-0.2, -0.15) is 0 Å². The van der Waals surface area contributed by atoms with Crippen molar-refractivity contribution < 1.29 is 29.7 Å². The number of fused-ring (bicyclic) bond motifs is 1. The van der Waals surface area contributed by atoms with Crippen LogP contribution in [0.1, 0.15) is 30.6 Å². The highest BCUT2D eigenvalue weighted by atomic mass is 32.2. The van der Waals surface area contributed by atoms with Gasteiger partial charge in [0.1, 0.15) is 10.6 Å². The number of hydrazine groups is 1. The number of carboxylic acid groups (broad SMARTS) is 2. The fourth-order valence-electron chi connectivity index (χ4n) is 4.84. The number of hydrogen-bond donors (Lipinski definition) is 4. The van der Waals surface area contributed by atoms with Gasteiger partial charge in [0.2, 0.25) is 5.91 Å². The Kier molecular flexibility index (Phi) is 5.48. The van der Waals surface area contributed by atoms with Gasteiger partial charge in [0, 0.05) is 29.9 Å². The van der Waals surface area contributed by atoms with E-state index in [0.717, 1.165) is 6.42 Å². The first kappa shape index (κ1) is 21.7. The molecule has 0 saturated carbocycles. The summed E-state index contributed by atoms with van der Waals surface area (Å²) in [4.78, 5) is 36.1. The Balaban J connectivity index is 1.48. The third-order valence-corrected chi connectivity index (χ3v) is 8.09. The third-order valence-electron chi connectivity index (χ3n) is 6.18. The Morgan fingerprint density at radius 2 is 2.03 bits per heavy atom. The number of anilines is 1. The molecule has 0 bridgehead atoms. The van der Waals surface area contributed by atoms with E-state index in [-0.39, 0.29) is 28.3 Å². The summed E-state index contributed by atoms with van der Waals surface area (Å²) in [5.74, 6) is -3.35. The number of amides is 1. The summed E-state index contributed by atoms with van der Waals surface area (Å²) in [5, 5.41) is 31.1. The molecular weight excluding hydrogens is 422 g/mol. The van der Waals surface area contributed by atoms with Crippen molar-refractivity contribution in [3.8, 4) is 0 Å². The molecule has 0 aromatic heterocycles. The van der Waals surface area contributed by atoms with Crippen LogP contribution in [0, 0.1) is 11.8 Å². The first-order valence-corrected chi connectivity index (χ1v) is 11.0. The molecular formula is C21H25N3O6S. The topological polar surface area (TPSA) is 130 Å². The molecule has 4 N–H and O–H groups in total. The van der Waals surface area contributed by atoms with Crippen LogP contribution in [0.15, 0.2) is 36.0 Å². The van der Waals surface area contributed by atoms with Gasteiger partial charge >= 0.3 is 11.9 Å². The maximum atomic E-state index is 12.7. The molecule has 3 aliphatic heterocycles. The number of β-lactam (4-membered cyclic amide) rings is 1. The zero-order valence-corrected chi connectivity index (χ0v) is 18.0. The highest BCUT2D eigenvalue weighted by Crippen LogP contribution is 2.60. The number of carbonyl (C=O) groups excluding carboxylic acids is 1. The lowest BCUT2D eigenvalue weighted by molar-refractivity contribution is -0.167. The number of rotatable bonds is 7. The first-order chi connectivity index (χ1) is 14.6. The molecule has 5 atom stereocenters. The molecule has 3 heterocycles. The molecule has 0 aliphatic carbocycles. The number of carbonyl (C=O) groups is 3. The first-order valence-electron chi connectivity index (χ1n) is 10.1. The molecule has 10 heteroatoms. The van der Waals surface area contributed by atoms with Gasteiger partial charge in [-0.1, -0.05) is 13.0 Å². The van der Waals surface area contributed by atoms with Gasteiger partial charge in [0.15, 0.2) is 0 Å². The lowest BCUT2D eigenvalue weighted by atomic mass is 9.78. The van der Waals surface area contributed by atoms with Crippen molar-refractivity contribution in [2.45, 2.75) is 36.5 Å². The summed E-state index contributed by atoms with van der Waals surface area (Å²) in [6, 6.07) is 6.57. The van der Waals surface area contributed by atoms with Crippen LogP contribution in [0.4, 0.5) is 5.69 Å². The average Bonchev–Trinajstić information content (AvgIpc) is 3.22. The average molecular weight is 448 g/mol. The number of aliphatic hydroxyl groups is 1. The Labute approximate surface area is 183 Å². The van der Waals surface area contributed by atoms with Crippen LogP contribution in [-0.2, 0) is 9.59 Å². The Morgan fingerprint density at radius 3 is 2.68 bits per heavy atom. The minimum absolute atomic E-state index is 0.0136. The number of aliphatic hydroxyl groups excluding tert-OH is 1. The molecule has 0 spiro atoms. The number of carboxylic acids is 2. The molecule has 1 aromatic carbocycles. The molecule has 4 rings (SSSR count). The Morgan fingerprint density at radius 1 is 1.29 bits per heavy atom. The van der Waals surface area contributed by atoms with E-state index in [9.17, 15) is 24.6 Å². The predicted octanol–water partition coefficient (Wildman–Crippen LogP) is 1.67. The van der Waals surface area contributed by atoms with Crippen molar-refractivity contribution in [2.24, 2.45) is 11.8 Å². The van der Waals surface area contributed by atoms with Crippen molar-refractivity contribution >= 4 is 35.3 Å². The molecule has 2 fully saturated rings. The van der Waals surface area contributed by atoms with Crippen LogP contribution < -0.4 is 5.43 Å². The summed E-state index contributed by atoms with van der Waals surface area (Å²) in [7, 11) is 0. The second kappa shape index (κ2) is 7.85. The fourth-order valence-corrected chi connectivity index (χ4v) is 6.87. The molecule has 3 aliphatic rings. The van der Waals surface area contributed by atoms with E-state index in [4.69, 9.17) is 5.11 Å². The number of nitrogens with one attached hydrogen (secondary N) is 1. The summed E-state index contributed by atoms with van der Waals surface area (Å²) in [6.07, 6.45) is 1.54. The van der Waals surface area contributed by atoms with E-state index >= 15 is 0 Å². The van der Waals surface area contributed by atoms with E-state index in [1.807, 2.05) is 11.9 Å². The number of thioether (sulfide) groups is 1. The van der Waals surface area contributed by atoms with E-state index < -0.39 is 28.8 Å². The smallest absolute Gasteiger partial charge is 0.352 e. The maximum Gasteiger partial charge on any atom is 0.352 e. The lowest BCUT2D eigenvalue weighted by Gasteiger charge is -2.57. The van der Waals surface area contributed by atoms with Crippen molar-refractivity contribution in [3.05, 3.63) is 41.6 Å². The van der Waals surface area contributed by atoms with Crippen LogP contribution in [0.3, 0.4) is 0 Å². The van der Waals surface area contributed by atoms with Gasteiger partial charge in [-0.15, -0.1) is 11.8 Å². The Bertz CT molecular complexity index is 966. The highest BCUT2D eigenvalue weighted by molar-refractivity contribution is 8.01. The van der Waals surface area contributed by atoms with E-state index in [2.05, 4.69) is 5.43 Å². The van der Waals surface area contributed by atoms with E-state index in [1.54, 1.807) is 43.0 Å². The van der Waals surface area contributed by atoms with Crippen LogP contribution >= 0.6 is 11.8 Å². The molecule has 2 saturated heterocycles. The van der Waals surface area contributed by atoms with Crippen LogP contribution in [0.25, 0.3) is 0 Å². The molecule has 9 nitrogen and oxygen atoms in total. The van der Waals surface area contributed by atoms with E-state index in [1.165, 1.54) is 11.0 Å². The summed E-state index contributed by atoms with van der Waals surface area (Å²) >= 11 is 1.56. The summed E-state index contributed by atoms with van der Waals surface area (Å²) < 4.78 is 0. The number of aliphatic carboxylic acids is 1. The lowest BCUT2D eigenvalue weighted by Crippen LogP contribution is -2.72. The molecule has 166 valence electrons. The van der Waals surface area contributed by atoms with Crippen molar-refractivity contribution in [2.75, 3.05) is 18.5 Å². The molecule has 31 heavy (non-hydrogen) atoms. The normalized spacial score (nSPS) is 31.1. The highest BCUT2D eigenvalue weighted by Gasteiger charge is 2.69. The second-order valence-electron chi connectivity index (χ2n) is 8.26. The summed E-state index contributed by atoms with van der Waals surface area (Å²) in [5.41, 5.74) is 4.09. The third kappa shape index (κ3) is 3.48. The monoisotopic (exact) mass is 447 g/mol. The second-order valence-corrected chi connectivity index (χ2v) is 9.82. The minimum Gasteiger partial charge on any atom is -0.478 e. The van der Waals surface area contributed by atoms with Gasteiger partial charge in [-0.3, -0.25) is 9.69 Å². The quantitative estimate of drug-likeness (QED) is 0.461. The van der Waals surface area contributed by atoms with E-state index in [0.29, 0.717) is 18.8 Å². The van der Waals surface area contributed by atoms with Gasteiger partial charge in [0.05, 0.1) is 17.6 Å². The van der Waals surface area contributed by atoms with Crippen molar-refractivity contribution in [1.29, 1.82) is 0 Å². The number of aromatic carboxylic acids is 1. The summed E-state index contributed by atoms with van der Waals surface area (Å²) in [6.45, 7) is 4.81. The fraction of sp³-hybridized carbons (Fsp3) is 0.476. The Hall–Kier alpha value is -2.56. The molecule has 2 unspecified atom stereocenters. The van der Waals surface area contributed by atoms with Gasteiger partial charge in [-0.25, -0.2) is 14.6 Å². The zero-order valence-electron chi connectivity index (χ0n) is 17.2. The largest absolute Gasteiger partial charge is 0.478 e. The standard InChI is InChI=1S/C21H25N3O6S/c1-11-8-16(20(29)30)24-18(26)17(12(2)25)21(11,24)31-15-6-7-23(10-15)22-14-5-3-4-13(9-14)19(27)28/h3-5,8-9,11-12,15,17,22,25H,6-7,10H2,1-2H3,(H,27,28)(H,29,30)/t11?,12-,15+,17?,21+/m1/s1. The van der Waals surface area contributed by atoms with Gasteiger partial charge in [0.25, 0.3) is 0 Å². The van der Waals surface area contributed by atoms with Crippen LogP contribution in [-0.4, -0.2) is 72.4 Å². The van der Waals surface area contributed by atoms with Crippen molar-refractivity contribution in [3.63, 3.8) is 0 Å². The predicted molar refractivity (Wildman–Crippen MR) is 114 cm³/mol. The van der Waals surface area contributed by atoms with Crippen molar-refractivity contribution in [1.82, 2.24) is 9.91 Å². The van der Waals surface area contributed by atoms with Gasteiger partial charge in [-0.05, 0) is 37.6 Å². The number of benzene rings is 1. The van der Waals surface area contributed by atoms with Crippen LogP contribution in [0.5, 0.6) is 0 Å². The molecule has 1 amide bonds. The molecule has 1 aromatic rings. The minimum atomic E-state index is -1.14. The maximum absolute atomic E-state index is 12.7. The van der Waals surface area contributed by atoms with Gasteiger partial charge < -0.3 is 20.7 Å².